The molecule has 1 nitrogen and oxygen atoms in total. The Hall–Kier alpha value is -4.62. The molecule has 2 aliphatic carbocycles. The average Bonchev–Trinajstić information content (AvgIpc) is 3.30. The fraction of sp³-hybridized carbons (Fsp3) is 0.105. The molecule has 1 N–H and O–H groups in total. The molecule has 2 aliphatic rings. The molecule has 39 heavy (non-hydrogen) atoms. The second kappa shape index (κ2) is 9.60. The van der Waals surface area contributed by atoms with Crippen LogP contribution < -0.4 is 5.32 Å². The molecule has 1 heteroatoms. The Bertz CT molecular complexity index is 1680. The van der Waals surface area contributed by atoms with Gasteiger partial charge in [-0.1, -0.05) is 140 Å². The first kappa shape index (κ1) is 23.5. The number of hydrogen-bond acceptors (Lipinski definition) is 1. The molecule has 5 aromatic carbocycles. The van der Waals surface area contributed by atoms with Crippen LogP contribution in [0, 0.1) is 5.92 Å². The first-order chi connectivity index (χ1) is 19.2. The van der Waals surface area contributed by atoms with Gasteiger partial charge in [0.2, 0.25) is 0 Å². The lowest BCUT2D eigenvalue weighted by atomic mass is 9.67. The van der Waals surface area contributed by atoms with Crippen LogP contribution >= 0.6 is 0 Å². The highest BCUT2D eigenvalue weighted by Gasteiger charge is 2.46. The van der Waals surface area contributed by atoms with E-state index in [0.29, 0.717) is 12.0 Å². The quantitative estimate of drug-likeness (QED) is 0.248. The summed E-state index contributed by atoms with van der Waals surface area (Å²) < 4.78 is 0. The maximum Gasteiger partial charge on any atom is 0.0713 e. The highest BCUT2D eigenvalue weighted by Crippen LogP contribution is 2.56. The van der Waals surface area contributed by atoms with Crippen molar-refractivity contribution in [2.45, 2.75) is 18.4 Å². The average molecular weight is 502 g/mol. The van der Waals surface area contributed by atoms with Gasteiger partial charge in [0, 0.05) is 5.69 Å². The molecule has 5 aromatic rings. The van der Waals surface area contributed by atoms with E-state index in [1.54, 1.807) is 0 Å². The SMILES string of the molecule is CC1C=CC=CC1Nc1ccc(C2(c3ccccc3)c3ccccc3-c3ccc(-c4ccccc4)cc32)cc1. The number of rotatable bonds is 5. The summed E-state index contributed by atoms with van der Waals surface area (Å²) in [6, 6.07) is 47.1. The van der Waals surface area contributed by atoms with Gasteiger partial charge in [-0.05, 0) is 68.6 Å². The molecule has 0 fully saturated rings. The Morgan fingerprint density at radius 2 is 1.18 bits per heavy atom. The summed E-state index contributed by atoms with van der Waals surface area (Å²) in [5.74, 6) is 0.454. The lowest BCUT2D eigenvalue weighted by molar-refractivity contribution is 0.660. The smallest absolute Gasteiger partial charge is 0.0713 e. The van der Waals surface area contributed by atoms with Crippen LogP contribution in [0.4, 0.5) is 5.69 Å². The van der Waals surface area contributed by atoms with Gasteiger partial charge in [-0.3, -0.25) is 0 Å². The molecule has 0 amide bonds. The molecule has 7 rings (SSSR count). The van der Waals surface area contributed by atoms with E-state index in [2.05, 4.69) is 164 Å². The predicted molar refractivity (Wildman–Crippen MR) is 164 cm³/mol. The maximum atomic E-state index is 3.73. The molecule has 0 aliphatic heterocycles. The third-order valence-corrected chi connectivity index (χ3v) is 8.42. The van der Waals surface area contributed by atoms with Crippen LogP contribution in [0.15, 0.2) is 152 Å². The van der Waals surface area contributed by atoms with Gasteiger partial charge >= 0.3 is 0 Å². The van der Waals surface area contributed by atoms with Crippen LogP contribution in [0.3, 0.4) is 0 Å². The second-order valence-electron chi connectivity index (χ2n) is 10.7. The minimum absolute atomic E-state index is 0.297. The summed E-state index contributed by atoms with van der Waals surface area (Å²) in [6.07, 6.45) is 8.77. The van der Waals surface area contributed by atoms with E-state index in [0.717, 1.165) is 5.69 Å². The van der Waals surface area contributed by atoms with Crippen LogP contribution in [-0.4, -0.2) is 6.04 Å². The minimum atomic E-state index is -0.405. The Balaban J connectivity index is 1.43. The van der Waals surface area contributed by atoms with E-state index < -0.39 is 5.41 Å². The standard InChI is InChI=1S/C38H31N/c1-27-12-8-11-19-37(27)39-32-23-21-31(22-24-32)38(30-15-6-3-7-16-30)35-18-10-9-17-33(35)34-25-20-29(26-36(34)38)28-13-4-2-5-14-28/h2-27,37,39H,1H3. The minimum Gasteiger partial charge on any atom is -0.378 e. The number of fused-ring (bicyclic) bond motifs is 3. The summed E-state index contributed by atoms with van der Waals surface area (Å²) >= 11 is 0. The van der Waals surface area contributed by atoms with Gasteiger partial charge in [0.05, 0.1) is 11.5 Å². The molecule has 0 saturated heterocycles. The molecule has 0 heterocycles. The first-order valence-corrected chi connectivity index (χ1v) is 13.8. The van der Waals surface area contributed by atoms with E-state index in [1.165, 1.54) is 44.5 Å². The molecule has 0 radical (unpaired) electrons. The summed E-state index contributed by atoms with van der Waals surface area (Å²) in [7, 11) is 0. The van der Waals surface area contributed by atoms with Crippen LogP contribution in [0.1, 0.15) is 29.2 Å². The second-order valence-corrected chi connectivity index (χ2v) is 10.7. The normalized spacial score (nSPS) is 20.8. The van der Waals surface area contributed by atoms with Crippen molar-refractivity contribution in [2.75, 3.05) is 5.32 Å². The summed E-state index contributed by atoms with van der Waals surface area (Å²) in [5, 5.41) is 3.73. The first-order valence-electron chi connectivity index (χ1n) is 13.8. The van der Waals surface area contributed by atoms with Gasteiger partial charge in [0.25, 0.3) is 0 Å². The molecule has 3 atom stereocenters. The number of allylic oxidation sites excluding steroid dienone is 2. The topological polar surface area (TPSA) is 12.0 Å². The zero-order valence-electron chi connectivity index (χ0n) is 22.1. The van der Waals surface area contributed by atoms with Gasteiger partial charge < -0.3 is 5.32 Å². The Labute approximate surface area is 231 Å². The summed E-state index contributed by atoms with van der Waals surface area (Å²) in [4.78, 5) is 0. The van der Waals surface area contributed by atoms with Crippen LogP contribution in [0.5, 0.6) is 0 Å². The molecule has 0 bridgehead atoms. The molecule has 0 aromatic heterocycles. The van der Waals surface area contributed by atoms with Crippen molar-refractivity contribution >= 4 is 5.69 Å². The largest absolute Gasteiger partial charge is 0.378 e. The molecule has 3 unspecified atom stereocenters. The summed E-state index contributed by atoms with van der Waals surface area (Å²) in [6.45, 7) is 2.26. The third kappa shape index (κ3) is 3.85. The fourth-order valence-electron chi connectivity index (χ4n) is 6.47. The molecule has 0 saturated carbocycles. The number of anilines is 1. The predicted octanol–water partition coefficient (Wildman–Crippen LogP) is 9.26. The zero-order chi connectivity index (χ0) is 26.2. The Kier molecular flexibility index (Phi) is 5.78. The zero-order valence-corrected chi connectivity index (χ0v) is 22.1. The molecule has 188 valence electrons. The van der Waals surface area contributed by atoms with Crippen LogP contribution in [0.2, 0.25) is 0 Å². The van der Waals surface area contributed by atoms with Crippen molar-refractivity contribution in [1.82, 2.24) is 0 Å². The molecular weight excluding hydrogens is 470 g/mol. The van der Waals surface area contributed by atoms with E-state index in [-0.39, 0.29) is 0 Å². The van der Waals surface area contributed by atoms with Crippen molar-refractivity contribution in [3.63, 3.8) is 0 Å². The van der Waals surface area contributed by atoms with Crippen LogP contribution in [-0.2, 0) is 5.41 Å². The van der Waals surface area contributed by atoms with E-state index >= 15 is 0 Å². The highest BCUT2D eigenvalue weighted by molar-refractivity contribution is 5.88. The Morgan fingerprint density at radius 3 is 1.95 bits per heavy atom. The van der Waals surface area contributed by atoms with Gasteiger partial charge in [0.1, 0.15) is 0 Å². The van der Waals surface area contributed by atoms with Gasteiger partial charge in [-0.15, -0.1) is 0 Å². The molecular formula is C38H31N. The monoisotopic (exact) mass is 501 g/mol. The van der Waals surface area contributed by atoms with Crippen molar-refractivity contribution in [3.8, 4) is 22.3 Å². The number of benzene rings is 5. The lowest BCUT2D eigenvalue weighted by Crippen LogP contribution is -2.29. The number of nitrogens with one attached hydrogen (secondary N) is 1. The van der Waals surface area contributed by atoms with Crippen molar-refractivity contribution < 1.29 is 0 Å². The van der Waals surface area contributed by atoms with E-state index in [4.69, 9.17) is 0 Å². The van der Waals surface area contributed by atoms with Crippen molar-refractivity contribution in [1.29, 1.82) is 0 Å². The number of hydrogen-bond donors (Lipinski definition) is 1. The lowest BCUT2D eigenvalue weighted by Gasteiger charge is -2.34. The van der Waals surface area contributed by atoms with E-state index in [9.17, 15) is 0 Å². The van der Waals surface area contributed by atoms with Gasteiger partial charge in [0.15, 0.2) is 0 Å². The van der Waals surface area contributed by atoms with E-state index in [1.807, 2.05) is 0 Å². The van der Waals surface area contributed by atoms with Crippen molar-refractivity contribution in [2.24, 2.45) is 5.92 Å². The van der Waals surface area contributed by atoms with Gasteiger partial charge in [-0.25, -0.2) is 0 Å². The van der Waals surface area contributed by atoms with Gasteiger partial charge in [-0.2, -0.15) is 0 Å². The fourth-order valence-corrected chi connectivity index (χ4v) is 6.47. The summed E-state index contributed by atoms with van der Waals surface area (Å²) in [5.41, 5.74) is 11.1. The maximum absolute atomic E-state index is 3.73. The van der Waals surface area contributed by atoms with Crippen LogP contribution in [0.25, 0.3) is 22.3 Å². The highest BCUT2D eigenvalue weighted by atomic mass is 14.9. The Morgan fingerprint density at radius 1 is 0.538 bits per heavy atom. The molecule has 0 spiro atoms. The third-order valence-electron chi connectivity index (χ3n) is 8.42. The van der Waals surface area contributed by atoms with Crippen molar-refractivity contribution in [3.05, 3.63) is 174 Å².